The summed E-state index contributed by atoms with van der Waals surface area (Å²) < 4.78 is 10.2. The highest BCUT2D eigenvalue weighted by Crippen LogP contribution is 2.47. The summed E-state index contributed by atoms with van der Waals surface area (Å²) in [6.07, 6.45) is -0.204. The third-order valence-corrected chi connectivity index (χ3v) is 3.96. The molecule has 0 amide bonds. The minimum Gasteiger partial charge on any atom is -0.481 e. The van der Waals surface area contributed by atoms with Crippen LogP contribution in [0.4, 0.5) is 0 Å². The highest BCUT2D eigenvalue weighted by molar-refractivity contribution is 8.10. The van der Waals surface area contributed by atoms with Gasteiger partial charge in [-0.3, -0.25) is 4.79 Å². The molecule has 0 aromatic carbocycles. The van der Waals surface area contributed by atoms with Gasteiger partial charge in [0.05, 0.1) is 13.2 Å². The van der Waals surface area contributed by atoms with E-state index in [2.05, 4.69) is 0 Å². The summed E-state index contributed by atoms with van der Waals surface area (Å²) in [4.78, 5) is 10.4. The summed E-state index contributed by atoms with van der Waals surface area (Å²) in [5.74, 6) is -0.972. The van der Waals surface area contributed by atoms with Crippen molar-refractivity contribution in [2.75, 3.05) is 19.4 Å². The summed E-state index contributed by atoms with van der Waals surface area (Å²) >= 11 is 4.96. The zero-order chi connectivity index (χ0) is 9.61. The third kappa shape index (κ3) is 4.83. The molecule has 0 heterocycles. The van der Waals surface area contributed by atoms with E-state index in [0.717, 1.165) is 0 Å². The molecule has 0 bridgehead atoms. The van der Waals surface area contributed by atoms with E-state index in [1.165, 1.54) is 0 Å². The van der Waals surface area contributed by atoms with E-state index in [9.17, 15) is 4.79 Å². The quantitative estimate of drug-likeness (QED) is 0.675. The average Bonchev–Trinajstić information content (AvgIpc) is 1.85. The van der Waals surface area contributed by atoms with E-state index in [4.69, 9.17) is 26.0 Å². The van der Waals surface area contributed by atoms with E-state index < -0.39 is 12.5 Å². The monoisotopic (exact) mass is 212 g/mol. The molecular formula is C6H13O4PS. The van der Waals surface area contributed by atoms with Crippen LogP contribution in [0.1, 0.15) is 13.8 Å². The number of carbonyl (C=O) groups is 1. The number of hydrogen-bond donors (Lipinski definition) is 1. The van der Waals surface area contributed by atoms with Gasteiger partial charge in [-0.15, -0.1) is 0 Å². The van der Waals surface area contributed by atoms with Gasteiger partial charge in [0.2, 0.25) is 0 Å². The Morgan fingerprint density at radius 2 is 1.83 bits per heavy atom. The SMILES string of the molecule is CCOP(=S)(CC(=O)O)OCC. The highest BCUT2D eigenvalue weighted by atomic mass is 32.5. The fourth-order valence-corrected chi connectivity index (χ4v) is 3.03. The van der Waals surface area contributed by atoms with Crippen LogP contribution in [-0.4, -0.2) is 30.5 Å². The molecule has 0 aliphatic carbocycles. The van der Waals surface area contributed by atoms with Gasteiger partial charge in [-0.1, -0.05) is 0 Å². The van der Waals surface area contributed by atoms with Crippen molar-refractivity contribution < 1.29 is 18.9 Å². The maximum absolute atomic E-state index is 10.4. The normalized spacial score (nSPS) is 11.5. The largest absolute Gasteiger partial charge is 0.481 e. The highest BCUT2D eigenvalue weighted by Gasteiger charge is 2.21. The topological polar surface area (TPSA) is 55.8 Å². The Labute approximate surface area is 77.0 Å². The standard InChI is InChI=1S/C6H13O4PS/c1-3-9-11(12,10-4-2)5-6(7)8/h3-5H2,1-2H3,(H,7,8). The van der Waals surface area contributed by atoms with Gasteiger partial charge >= 0.3 is 5.97 Å². The van der Waals surface area contributed by atoms with Crippen LogP contribution in [0, 0.1) is 0 Å². The number of carboxylic acids is 1. The summed E-state index contributed by atoms with van der Waals surface area (Å²) in [5.41, 5.74) is 0. The number of hydrogen-bond acceptors (Lipinski definition) is 4. The molecule has 0 spiro atoms. The molecule has 0 aliphatic heterocycles. The third-order valence-electron chi connectivity index (χ3n) is 0.981. The van der Waals surface area contributed by atoms with E-state index >= 15 is 0 Å². The van der Waals surface area contributed by atoms with E-state index in [1.807, 2.05) is 0 Å². The maximum atomic E-state index is 10.4. The van der Waals surface area contributed by atoms with Crippen LogP contribution in [0.25, 0.3) is 0 Å². The van der Waals surface area contributed by atoms with Crippen molar-refractivity contribution in [1.82, 2.24) is 0 Å². The van der Waals surface area contributed by atoms with Gasteiger partial charge in [0, 0.05) is 0 Å². The minimum absolute atomic E-state index is 0.204. The molecule has 72 valence electrons. The van der Waals surface area contributed by atoms with Gasteiger partial charge in [0.25, 0.3) is 0 Å². The minimum atomic E-state index is -2.54. The van der Waals surface area contributed by atoms with Gasteiger partial charge in [-0.25, -0.2) is 0 Å². The zero-order valence-electron chi connectivity index (χ0n) is 7.15. The van der Waals surface area contributed by atoms with Crippen LogP contribution in [0.5, 0.6) is 0 Å². The molecule has 0 saturated carbocycles. The second-order valence-corrected chi connectivity index (χ2v) is 5.72. The predicted octanol–water partition coefficient (Wildman–Crippen LogP) is 1.45. The molecule has 0 unspecified atom stereocenters. The molecule has 6 heteroatoms. The molecular weight excluding hydrogens is 199 g/mol. The van der Waals surface area contributed by atoms with Crippen LogP contribution in [0.15, 0.2) is 0 Å². The molecule has 1 N–H and O–H groups in total. The lowest BCUT2D eigenvalue weighted by molar-refractivity contribution is -0.134. The van der Waals surface area contributed by atoms with Crippen LogP contribution in [-0.2, 0) is 25.6 Å². The van der Waals surface area contributed by atoms with Crippen molar-refractivity contribution in [2.24, 2.45) is 0 Å². The first-order valence-corrected chi connectivity index (χ1v) is 6.46. The second kappa shape index (κ2) is 5.65. The van der Waals surface area contributed by atoms with Crippen molar-refractivity contribution in [3.63, 3.8) is 0 Å². The van der Waals surface area contributed by atoms with Gasteiger partial charge < -0.3 is 14.2 Å². The number of carboxylic acid groups (broad SMARTS) is 1. The molecule has 0 aromatic heterocycles. The Balaban J connectivity index is 4.18. The summed E-state index contributed by atoms with van der Waals surface area (Å²) in [6.45, 7) is 1.78. The molecule has 4 nitrogen and oxygen atoms in total. The van der Waals surface area contributed by atoms with E-state index in [-0.39, 0.29) is 6.16 Å². The van der Waals surface area contributed by atoms with Crippen molar-refractivity contribution in [2.45, 2.75) is 13.8 Å². The lowest BCUT2D eigenvalue weighted by Crippen LogP contribution is -2.08. The Hall–Kier alpha value is 0.0400. The number of rotatable bonds is 6. The number of aliphatic carboxylic acids is 1. The molecule has 0 rings (SSSR count). The van der Waals surface area contributed by atoms with Gasteiger partial charge in [0.15, 0.2) is 6.49 Å². The Bertz CT molecular complexity index is 184. The van der Waals surface area contributed by atoms with Gasteiger partial charge in [-0.2, -0.15) is 0 Å². The van der Waals surface area contributed by atoms with Crippen molar-refractivity contribution in [3.8, 4) is 0 Å². The fourth-order valence-electron chi connectivity index (χ4n) is 0.688. The Morgan fingerprint density at radius 1 is 1.42 bits per heavy atom. The fraction of sp³-hybridized carbons (Fsp3) is 0.833. The van der Waals surface area contributed by atoms with Crippen LogP contribution < -0.4 is 0 Å². The first-order valence-electron chi connectivity index (χ1n) is 3.64. The van der Waals surface area contributed by atoms with Crippen LogP contribution in [0.3, 0.4) is 0 Å². The predicted molar refractivity (Wildman–Crippen MR) is 50.0 cm³/mol. The molecule has 0 aliphatic rings. The zero-order valence-corrected chi connectivity index (χ0v) is 8.86. The molecule has 0 radical (unpaired) electrons. The van der Waals surface area contributed by atoms with Gasteiger partial charge in [-0.05, 0) is 25.7 Å². The van der Waals surface area contributed by atoms with Crippen molar-refractivity contribution >= 4 is 24.3 Å². The molecule has 12 heavy (non-hydrogen) atoms. The Kier molecular flexibility index (Phi) is 5.66. The second-order valence-electron chi connectivity index (χ2n) is 2.00. The van der Waals surface area contributed by atoms with Crippen molar-refractivity contribution in [3.05, 3.63) is 0 Å². The first kappa shape index (κ1) is 12.0. The summed E-state index contributed by atoms with van der Waals surface area (Å²) in [6, 6.07) is 0. The molecule has 0 atom stereocenters. The molecule has 0 saturated heterocycles. The summed E-state index contributed by atoms with van der Waals surface area (Å²) in [7, 11) is 0. The lowest BCUT2D eigenvalue weighted by Gasteiger charge is -2.18. The van der Waals surface area contributed by atoms with Gasteiger partial charge in [0.1, 0.15) is 6.16 Å². The smallest absolute Gasteiger partial charge is 0.313 e. The van der Waals surface area contributed by atoms with E-state index in [0.29, 0.717) is 13.2 Å². The van der Waals surface area contributed by atoms with E-state index in [1.54, 1.807) is 13.8 Å². The Morgan fingerprint density at radius 3 is 2.08 bits per heavy atom. The molecule has 0 aromatic rings. The molecule has 0 fully saturated rings. The van der Waals surface area contributed by atoms with Crippen molar-refractivity contribution in [1.29, 1.82) is 0 Å². The summed E-state index contributed by atoms with van der Waals surface area (Å²) in [5, 5.41) is 8.50. The first-order chi connectivity index (χ1) is 5.54. The van der Waals surface area contributed by atoms with Crippen LogP contribution >= 0.6 is 6.49 Å². The maximum Gasteiger partial charge on any atom is 0.313 e. The van der Waals surface area contributed by atoms with Crippen LogP contribution in [0.2, 0.25) is 0 Å². The lowest BCUT2D eigenvalue weighted by atomic mass is 10.8. The average molecular weight is 212 g/mol.